The smallest absolute Gasteiger partial charge is 0.407 e. The molecule has 1 aliphatic carbocycles. The molecule has 1 amide bonds. The van der Waals surface area contributed by atoms with Gasteiger partial charge in [0.15, 0.2) is 0 Å². The Balaban J connectivity index is 1.99. The lowest BCUT2D eigenvalue weighted by atomic mass is 9.92. The van der Waals surface area contributed by atoms with E-state index >= 15 is 0 Å². The van der Waals surface area contributed by atoms with Crippen molar-refractivity contribution in [1.82, 2.24) is 10.2 Å². The van der Waals surface area contributed by atoms with Gasteiger partial charge in [0.05, 0.1) is 13.0 Å². The van der Waals surface area contributed by atoms with E-state index in [1.807, 2.05) is 20.8 Å². The molecule has 1 aliphatic heterocycles. The van der Waals surface area contributed by atoms with E-state index in [2.05, 4.69) is 10.2 Å². The number of methoxy groups -OCH3 is 1. The molecule has 1 N–H and O–H groups in total. The predicted molar refractivity (Wildman–Crippen MR) is 87.1 cm³/mol. The molecule has 0 aromatic carbocycles. The summed E-state index contributed by atoms with van der Waals surface area (Å²) in [6.07, 6.45) is 5.02. The van der Waals surface area contributed by atoms with Crippen LogP contribution in [-0.2, 0) is 14.3 Å². The molecular formula is C17H30N2O4. The molecule has 1 saturated carbocycles. The van der Waals surface area contributed by atoms with Gasteiger partial charge in [-0.2, -0.15) is 0 Å². The molecule has 2 fully saturated rings. The predicted octanol–water partition coefficient (Wildman–Crippen LogP) is 2.32. The Bertz CT molecular complexity index is 427. The molecule has 2 unspecified atom stereocenters. The van der Waals surface area contributed by atoms with Crippen molar-refractivity contribution >= 4 is 12.1 Å². The third-order valence-corrected chi connectivity index (χ3v) is 4.58. The summed E-state index contributed by atoms with van der Waals surface area (Å²) in [4.78, 5) is 26.4. The van der Waals surface area contributed by atoms with E-state index < -0.39 is 11.7 Å². The number of alkyl carbamates (subject to hydrolysis) is 1. The van der Waals surface area contributed by atoms with Gasteiger partial charge in [-0.25, -0.2) is 4.79 Å². The van der Waals surface area contributed by atoms with E-state index in [9.17, 15) is 9.59 Å². The summed E-state index contributed by atoms with van der Waals surface area (Å²) in [5, 5.41) is 2.93. The highest BCUT2D eigenvalue weighted by Gasteiger charge is 2.37. The van der Waals surface area contributed by atoms with Gasteiger partial charge in [-0.05, 0) is 40.0 Å². The van der Waals surface area contributed by atoms with Crippen LogP contribution in [0.2, 0.25) is 0 Å². The topological polar surface area (TPSA) is 67.9 Å². The number of carbonyl (C=O) groups is 2. The number of nitrogens with one attached hydrogen (secondary N) is 1. The van der Waals surface area contributed by atoms with Gasteiger partial charge < -0.3 is 14.8 Å². The number of ether oxygens (including phenoxy) is 2. The van der Waals surface area contributed by atoms with Gasteiger partial charge in [0.25, 0.3) is 0 Å². The Hall–Kier alpha value is -1.30. The summed E-state index contributed by atoms with van der Waals surface area (Å²) >= 11 is 0. The minimum Gasteiger partial charge on any atom is -0.469 e. The molecule has 0 radical (unpaired) electrons. The maximum Gasteiger partial charge on any atom is 0.407 e. The zero-order chi connectivity index (χ0) is 17.0. The fourth-order valence-corrected chi connectivity index (χ4v) is 3.62. The Labute approximate surface area is 138 Å². The van der Waals surface area contributed by atoms with Crippen molar-refractivity contribution in [3.8, 4) is 0 Å². The highest BCUT2D eigenvalue weighted by atomic mass is 16.6. The molecule has 2 rings (SSSR count). The highest BCUT2D eigenvalue weighted by Crippen LogP contribution is 2.28. The van der Waals surface area contributed by atoms with Crippen LogP contribution in [0.25, 0.3) is 0 Å². The molecule has 23 heavy (non-hydrogen) atoms. The number of likely N-dealkylation sites (tertiary alicyclic amines) is 1. The van der Waals surface area contributed by atoms with Gasteiger partial charge >= 0.3 is 12.1 Å². The van der Waals surface area contributed by atoms with Gasteiger partial charge in [0, 0.05) is 25.2 Å². The summed E-state index contributed by atoms with van der Waals surface area (Å²) in [7, 11) is 1.42. The molecule has 132 valence electrons. The minimum atomic E-state index is -0.522. The van der Waals surface area contributed by atoms with Crippen molar-refractivity contribution in [2.75, 3.05) is 20.2 Å². The number of nitrogens with zero attached hydrogens (tertiary/aromatic N) is 1. The van der Waals surface area contributed by atoms with E-state index in [1.165, 1.54) is 32.8 Å². The maximum absolute atomic E-state index is 12.0. The van der Waals surface area contributed by atoms with Gasteiger partial charge in [-0.1, -0.05) is 12.8 Å². The molecule has 0 aromatic heterocycles. The fraction of sp³-hybridized carbons (Fsp3) is 0.882. The first kappa shape index (κ1) is 18.0. The number of carbonyl (C=O) groups excluding carboxylic acids is 2. The average Bonchev–Trinajstić information content (AvgIpc) is 2.98. The number of piperidine rings is 1. The van der Waals surface area contributed by atoms with Gasteiger partial charge in [0.1, 0.15) is 5.60 Å². The van der Waals surface area contributed by atoms with Crippen LogP contribution in [0.15, 0.2) is 0 Å². The SMILES string of the molecule is COC(=O)C1CC(NC(=O)OC(C)(C)C)CN(C2CCCC2)C1. The van der Waals surface area contributed by atoms with Crippen molar-refractivity contribution < 1.29 is 19.1 Å². The second kappa shape index (κ2) is 7.51. The standard InChI is InChI=1S/C17H30N2O4/c1-17(2,3)23-16(21)18-13-9-12(15(20)22-4)10-19(11-13)14-7-5-6-8-14/h12-14H,5-11H2,1-4H3,(H,18,21). The van der Waals surface area contributed by atoms with Crippen LogP contribution in [0.5, 0.6) is 0 Å². The zero-order valence-corrected chi connectivity index (χ0v) is 14.8. The number of rotatable bonds is 3. The molecular weight excluding hydrogens is 296 g/mol. The summed E-state index contributed by atoms with van der Waals surface area (Å²) < 4.78 is 10.3. The lowest BCUT2D eigenvalue weighted by Crippen LogP contribution is -2.55. The van der Waals surface area contributed by atoms with Gasteiger partial charge in [-0.15, -0.1) is 0 Å². The van der Waals surface area contributed by atoms with Crippen molar-refractivity contribution in [1.29, 1.82) is 0 Å². The summed E-state index contributed by atoms with van der Waals surface area (Å²) in [6.45, 7) is 7.03. The molecule has 1 saturated heterocycles. The Morgan fingerprint density at radius 2 is 1.78 bits per heavy atom. The van der Waals surface area contributed by atoms with Crippen LogP contribution < -0.4 is 5.32 Å². The van der Waals surface area contributed by atoms with E-state index in [0.717, 1.165) is 13.1 Å². The summed E-state index contributed by atoms with van der Waals surface area (Å²) in [6, 6.07) is 0.439. The van der Waals surface area contributed by atoms with Crippen molar-refractivity contribution in [3.63, 3.8) is 0 Å². The molecule has 6 nitrogen and oxygen atoms in total. The molecule has 2 aliphatic rings. The average molecular weight is 326 g/mol. The van der Waals surface area contributed by atoms with Crippen molar-refractivity contribution in [3.05, 3.63) is 0 Å². The Morgan fingerprint density at radius 1 is 1.13 bits per heavy atom. The third kappa shape index (κ3) is 5.37. The molecule has 1 heterocycles. The number of hydrogen-bond acceptors (Lipinski definition) is 5. The van der Waals surface area contributed by atoms with E-state index in [-0.39, 0.29) is 17.9 Å². The van der Waals surface area contributed by atoms with Crippen LogP contribution in [0.1, 0.15) is 52.9 Å². The number of esters is 1. The third-order valence-electron chi connectivity index (χ3n) is 4.58. The van der Waals surface area contributed by atoms with E-state index in [1.54, 1.807) is 0 Å². The quantitative estimate of drug-likeness (QED) is 0.806. The van der Waals surface area contributed by atoms with Crippen LogP contribution in [0.3, 0.4) is 0 Å². The number of hydrogen-bond donors (Lipinski definition) is 1. The monoisotopic (exact) mass is 326 g/mol. The van der Waals surface area contributed by atoms with Crippen LogP contribution in [-0.4, -0.2) is 54.8 Å². The molecule has 0 spiro atoms. The second-order valence-electron chi connectivity index (χ2n) is 7.69. The lowest BCUT2D eigenvalue weighted by Gasteiger charge is -2.40. The minimum absolute atomic E-state index is 0.0803. The number of amides is 1. The fourth-order valence-electron chi connectivity index (χ4n) is 3.62. The molecule has 2 atom stereocenters. The highest BCUT2D eigenvalue weighted by molar-refractivity contribution is 5.73. The Kier molecular flexibility index (Phi) is 5.89. The van der Waals surface area contributed by atoms with E-state index in [4.69, 9.17) is 9.47 Å². The first-order valence-corrected chi connectivity index (χ1v) is 8.60. The summed E-state index contributed by atoms with van der Waals surface area (Å²) in [5.41, 5.74) is -0.522. The van der Waals surface area contributed by atoms with Gasteiger partial charge in [0.2, 0.25) is 0 Å². The lowest BCUT2D eigenvalue weighted by molar-refractivity contribution is -0.148. The largest absolute Gasteiger partial charge is 0.469 e. The first-order chi connectivity index (χ1) is 10.8. The Morgan fingerprint density at radius 3 is 2.35 bits per heavy atom. The van der Waals surface area contributed by atoms with E-state index in [0.29, 0.717) is 12.5 Å². The molecule has 6 heteroatoms. The summed E-state index contributed by atoms with van der Waals surface area (Å²) in [5.74, 6) is -0.377. The normalized spacial score (nSPS) is 26.8. The van der Waals surface area contributed by atoms with Crippen LogP contribution in [0.4, 0.5) is 4.79 Å². The maximum atomic E-state index is 12.0. The van der Waals surface area contributed by atoms with Crippen LogP contribution >= 0.6 is 0 Å². The zero-order valence-electron chi connectivity index (χ0n) is 14.8. The molecule has 0 aromatic rings. The van der Waals surface area contributed by atoms with Crippen molar-refractivity contribution in [2.24, 2.45) is 5.92 Å². The first-order valence-electron chi connectivity index (χ1n) is 8.60. The van der Waals surface area contributed by atoms with Crippen molar-refractivity contribution in [2.45, 2.75) is 70.6 Å². The molecule has 0 bridgehead atoms. The van der Waals surface area contributed by atoms with Crippen LogP contribution in [0, 0.1) is 5.92 Å². The second-order valence-corrected chi connectivity index (χ2v) is 7.69. The van der Waals surface area contributed by atoms with Gasteiger partial charge in [-0.3, -0.25) is 9.69 Å².